The molecule has 0 aliphatic rings. The summed E-state index contributed by atoms with van der Waals surface area (Å²) in [7, 11) is 1.70. The molecule has 0 aromatic heterocycles. The molecule has 1 heteroatoms. The van der Waals surface area contributed by atoms with E-state index in [-0.39, 0.29) is 0 Å². The van der Waals surface area contributed by atoms with Crippen LogP contribution in [0.3, 0.4) is 0 Å². The quantitative estimate of drug-likeness (QED) is 0.643. The predicted octanol–water partition coefficient (Wildman–Crippen LogP) is 4.40. The van der Waals surface area contributed by atoms with Crippen molar-refractivity contribution in [2.75, 3.05) is 7.11 Å². The lowest BCUT2D eigenvalue weighted by Gasteiger charge is -2.18. The molecular weight excluding hydrogens is 196 g/mol. The fourth-order valence-electron chi connectivity index (χ4n) is 2.01. The van der Waals surface area contributed by atoms with Crippen LogP contribution in [-0.4, -0.2) is 7.11 Å². The summed E-state index contributed by atoms with van der Waals surface area (Å²) < 4.78 is 5.17. The van der Waals surface area contributed by atoms with E-state index in [1.54, 1.807) is 7.11 Å². The van der Waals surface area contributed by atoms with E-state index in [9.17, 15) is 0 Å². The molecule has 0 aliphatic carbocycles. The molecule has 1 aromatic rings. The standard InChI is InChI=1S/C15H22O/c1-5-6-14(11-12(2)3)13-7-9-15(16-4)10-8-13/h5,7-10,12,14H,1,6,11H2,2-4H3. The molecule has 1 rings (SSSR count). The molecule has 1 nitrogen and oxygen atoms in total. The van der Waals surface area contributed by atoms with Gasteiger partial charge in [0.1, 0.15) is 5.75 Å². The topological polar surface area (TPSA) is 9.23 Å². The first-order valence-electron chi connectivity index (χ1n) is 5.92. The van der Waals surface area contributed by atoms with Crippen molar-refractivity contribution in [1.82, 2.24) is 0 Å². The minimum Gasteiger partial charge on any atom is -0.497 e. The summed E-state index contributed by atoms with van der Waals surface area (Å²) in [5.41, 5.74) is 1.38. The number of allylic oxidation sites excluding steroid dienone is 1. The van der Waals surface area contributed by atoms with Crippen LogP contribution >= 0.6 is 0 Å². The van der Waals surface area contributed by atoms with Gasteiger partial charge >= 0.3 is 0 Å². The van der Waals surface area contributed by atoms with Crippen LogP contribution in [0.5, 0.6) is 5.75 Å². The van der Waals surface area contributed by atoms with E-state index in [4.69, 9.17) is 4.74 Å². The third kappa shape index (κ3) is 3.73. The van der Waals surface area contributed by atoms with Crippen LogP contribution < -0.4 is 4.74 Å². The van der Waals surface area contributed by atoms with E-state index in [1.807, 2.05) is 18.2 Å². The Balaban J connectivity index is 2.78. The number of methoxy groups -OCH3 is 1. The van der Waals surface area contributed by atoms with Crippen molar-refractivity contribution < 1.29 is 4.74 Å². The number of hydrogen-bond acceptors (Lipinski definition) is 1. The average molecular weight is 218 g/mol. The molecule has 1 atom stereocenters. The summed E-state index contributed by atoms with van der Waals surface area (Å²) in [6.07, 6.45) is 4.26. The molecule has 0 saturated heterocycles. The van der Waals surface area contributed by atoms with Crippen LogP contribution in [0.25, 0.3) is 0 Å². The molecule has 0 saturated carbocycles. The minimum atomic E-state index is 0.586. The number of ether oxygens (including phenoxy) is 1. The zero-order valence-electron chi connectivity index (χ0n) is 10.6. The van der Waals surface area contributed by atoms with Crippen molar-refractivity contribution in [3.05, 3.63) is 42.5 Å². The summed E-state index contributed by atoms with van der Waals surface area (Å²) in [6, 6.07) is 8.39. The molecule has 0 heterocycles. The maximum atomic E-state index is 5.17. The van der Waals surface area contributed by atoms with Gasteiger partial charge in [-0.05, 0) is 42.4 Å². The Morgan fingerprint density at radius 2 is 1.88 bits per heavy atom. The average Bonchev–Trinajstić information content (AvgIpc) is 2.28. The van der Waals surface area contributed by atoms with Crippen LogP contribution in [0.2, 0.25) is 0 Å². The summed E-state index contributed by atoms with van der Waals surface area (Å²) >= 11 is 0. The molecule has 0 bridgehead atoms. The van der Waals surface area contributed by atoms with Gasteiger partial charge in [0.15, 0.2) is 0 Å². The SMILES string of the molecule is C=CCC(CC(C)C)c1ccc(OC)cc1. The van der Waals surface area contributed by atoms with Gasteiger partial charge in [-0.25, -0.2) is 0 Å². The second kappa shape index (κ2) is 6.37. The van der Waals surface area contributed by atoms with Gasteiger partial charge in [-0.2, -0.15) is 0 Å². The maximum absolute atomic E-state index is 5.17. The van der Waals surface area contributed by atoms with Crippen molar-refractivity contribution in [3.63, 3.8) is 0 Å². The maximum Gasteiger partial charge on any atom is 0.118 e. The Hall–Kier alpha value is -1.24. The molecule has 16 heavy (non-hydrogen) atoms. The van der Waals surface area contributed by atoms with E-state index < -0.39 is 0 Å². The molecule has 0 aliphatic heterocycles. The zero-order chi connectivity index (χ0) is 12.0. The molecular formula is C15H22O. The van der Waals surface area contributed by atoms with Gasteiger partial charge in [-0.1, -0.05) is 32.1 Å². The highest BCUT2D eigenvalue weighted by Gasteiger charge is 2.11. The van der Waals surface area contributed by atoms with Crippen molar-refractivity contribution >= 4 is 0 Å². The van der Waals surface area contributed by atoms with E-state index in [2.05, 4.69) is 32.6 Å². The van der Waals surface area contributed by atoms with Crippen LogP contribution in [0, 0.1) is 5.92 Å². The molecule has 0 amide bonds. The Bertz CT molecular complexity index is 311. The number of benzene rings is 1. The first kappa shape index (κ1) is 12.8. The lowest BCUT2D eigenvalue weighted by molar-refractivity contribution is 0.414. The normalized spacial score (nSPS) is 12.5. The van der Waals surface area contributed by atoms with Gasteiger partial charge < -0.3 is 4.74 Å². The number of rotatable bonds is 6. The van der Waals surface area contributed by atoms with E-state index in [0.717, 1.165) is 12.2 Å². The molecule has 88 valence electrons. The lowest BCUT2D eigenvalue weighted by atomic mass is 9.88. The molecule has 0 spiro atoms. The molecule has 1 unspecified atom stereocenters. The number of hydrogen-bond donors (Lipinski definition) is 0. The van der Waals surface area contributed by atoms with Crippen molar-refractivity contribution in [2.45, 2.75) is 32.6 Å². The largest absolute Gasteiger partial charge is 0.497 e. The second-order valence-electron chi connectivity index (χ2n) is 4.62. The molecule has 1 aromatic carbocycles. The first-order chi connectivity index (χ1) is 7.67. The highest BCUT2D eigenvalue weighted by molar-refractivity contribution is 5.29. The fourth-order valence-corrected chi connectivity index (χ4v) is 2.01. The van der Waals surface area contributed by atoms with Crippen LogP contribution in [-0.2, 0) is 0 Å². The summed E-state index contributed by atoms with van der Waals surface area (Å²) in [6.45, 7) is 8.37. The Labute approximate surface area is 99.1 Å². The summed E-state index contributed by atoms with van der Waals surface area (Å²) in [4.78, 5) is 0. The van der Waals surface area contributed by atoms with Crippen molar-refractivity contribution in [1.29, 1.82) is 0 Å². The van der Waals surface area contributed by atoms with E-state index in [1.165, 1.54) is 12.0 Å². The molecule has 0 N–H and O–H groups in total. The van der Waals surface area contributed by atoms with Gasteiger partial charge in [0.05, 0.1) is 7.11 Å². The van der Waals surface area contributed by atoms with Gasteiger partial charge in [0, 0.05) is 0 Å². The molecule has 0 fully saturated rings. The van der Waals surface area contributed by atoms with Crippen molar-refractivity contribution in [3.8, 4) is 5.75 Å². The third-order valence-corrected chi connectivity index (χ3v) is 2.79. The second-order valence-corrected chi connectivity index (χ2v) is 4.62. The highest BCUT2D eigenvalue weighted by atomic mass is 16.5. The molecule has 0 radical (unpaired) electrons. The van der Waals surface area contributed by atoms with Crippen LogP contribution in [0.15, 0.2) is 36.9 Å². The zero-order valence-corrected chi connectivity index (χ0v) is 10.6. The van der Waals surface area contributed by atoms with Gasteiger partial charge in [0.2, 0.25) is 0 Å². The van der Waals surface area contributed by atoms with Gasteiger partial charge in [0.25, 0.3) is 0 Å². The van der Waals surface area contributed by atoms with Gasteiger partial charge in [-0.3, -0.25) is 0 Å². The van der Waals surface area contributed by atoms with Crippen molar-refractivity contribution in [2.24, 2.45) is 5.92 Å². The highest BCUT2D eigenvalue weighted by Crippen LogP contribution is 2.28. The van der Waals surface area contributed by atoms with E-state index >= 15 is 0 Å². The van der Waals surface area contributed by atoms with Crippen LogP contribution in [0.4, 0.5) is 0 Å². The Morgan fingerprint density at radius 3 is 2.31 bits per heavy atom. The van der Waals surface area contributed by atoms with Crippen LogP contribution in [0.1, 0.15) is 38.2 Å². The fraction of sp³-hybridized carbons (Fsp3) is 0.467. The van der Waals surface area contributed by atoms with Gasteiger partial charge in [-0.15, -0.1) is 6.58 Å². The minimum absolute atomic E-state index is 0.586. The summed E-state index contributed by atoms with van der Waals surface area (Å²) in [5.74, 6) is 2.22. The Kier molecular flexibility index (Phi) is 5.10. The monoisotopic (exact) mass is 218 g/mol. The summed E-state index contributed by atoms with van der Waals surface area (Å²) in [5, 5.41) is 0. The lowest BCUT2D eigenvalue weighted by Crippen LogP contribution is -2.02. The first-order valence-corrected chi connectivity index (χ1v) is 5.92. The smallest absolute Gasteiger partial charge is 0.118 e. The van der Waals surface area contributed by atoms with E-state index in [0.29, 0.717) is 11.8 Å². The Morgan fingerprint density at radius 1 is 1.25 bits per heavy atom. The predicted molar refractivity (Wildman–Crippen MR) is 70.0 cm³/mol. The third-order valence-electron chi connectivity index (χ3n) is 2.79.